The highest BCUT2D eigenvalue weighted by atomic mass is 35.5. The summed E-state index contributed by atoms with van der Waals surface area (Å²) in [6.45, 7) is 4.87. The summed E-state index contributed by atoms with van der Waals surface area (Å²) in [5.41, 5.74) is 0.709. The molecule has 84 valence electrons. The van der Waals surface area contributed by atoms with Crippen molar-refractivity contribution >= 4 is 23.2 Å². The van der Waals surface area contributed by atoms with Gasteiger partial charge < -0.3 is 9.47 Å². The predicted octanol–water partition coefficient (Wildman–Crippen LogP) is 3.46. The third kappa shape index (κ3) is 3.31. The van der Waals surface area contributed by atoms with E-state index in [2.05, 4.69) is 4.98 Å². The Bertz CT molecular complexity index is 314. The fourth-order valence-electron chi connectivity index (χ4n) is 1.14. The standard InChI is InChI=1S/C10H13Cl2NO2/c1-3-14-10(15-4-2)7-5-6-13-9(12)8(7)11/h5-6,10H,3-4H2,1-2H3. The Kier molecular flexibility index (Phi) is 5.32. The van der Waals surface area contributed by atoms with Gasteiger partial charge in [-0.2, -0.15) is 0 Å². The summed E-state index contributed by atoms with van der Waals surface area (Å²) in [5, 5.41) is 0.643. The summed E-state index contributed by atoms with van der Waals surface area (Å²) in [6, 6.07) is 1.74. The van der Waals surface area contributed by atoms with E-state index in [1.165, 1.54) is 0 Å². The van der Waals surface area contributed by atoms with Gasteiger partial charge in [0.2, 0.25) is 0 Å². The maximum absolute atomic E-state index is 6.00. The molecule has 0 aliphatic rings. The van der Waals surface area contributed by atoms with Crippen LogP contribution >= 0.6 is 23.2 Å². The van der Waals surface area contributed by atoms with Gasteiger partial charge in [-0.3, -0.25) is 0 Å². The zero-order valence-electron chi connectivity index (χ0n) is 8.67. The second kappa shape index (κ2) is 6.28. The molecule has 0 aliphatic heterocycles. The Balaban J connectivity index is 2.94. The second-order valence-electron chi connectivity index (χ2n) is 2.75. The molecular weight excluding hydrogens is 237 g/mol. The summed E-state index contributed by atoms with van der Waals surface area (Å²) in [4.78, 5) is 3.86. The average Bonchev–Trinajstić information content (AvgIpc) is 2.22. The summed E-state index contributed by atoms with van der Waals surface area (Å²) in [7, 11) is 0. The number of hydrogen-bond donors (Lipinski definition) is 0. The minimum Gasteiger partial charge on any atom is -0.349 e. The van der Waals surface area contributed by atoms with Crippen LogP contribution < -0.4 is 0 Å². The van der Waals surface area contributed by atoms with Crippen LogP contribution in [0.25, 0.3) is 0 Å². The quantitative estimate of drug-likeness (QED) is 0.592. The average molecular weight is 250 g/mol. The zero-order chi connectivity index (χ0) is 11.3. The molecule has 1 aromatic rings. The first-order valence-corrected chi connectivity index (χ1v) is 5.49. The van der Waals surface area contributed by atoms with E-state index in [1.54, 1.807) is 12.3 Å². The molecular formula is C10H13Cl2NO2. The summed E-state index contributed by atoms with van der Waals surface area (Å²) < 4.78 is 10.8. The van der Waals surface area contributed by atoms with Crippen molar-refractivity contribution in [3.63, 3.8) is 0 Å². The van der Waals surface area contributed by atoms with Crippen molar-refractivity contribution in [3.8, 4) is 0 Å². The molecule has 1 rings (SSSR count). The van der Waals surface area contributed by atoms with Gasteiger partial charge in [0.25, 0.3) is 0 Å². The van der Waals surface area contributed by atoms with E-state index >= 15 is 0 Å². The first-order valence-electron chi connectivity index (χ1n) is 4.73. The van der Waals surface area contributed by atoms with Crippen LogP contribution in [0.15, 0.2) is 12.3 Å². The SMILES string of the molecule is CCOC(OCC)c1ccnc(Cl)c1Cl. The number of rotatable bonds is 5. The van der Waals surface area contributed by atoms with Gasteiger partial charge in [-0.05, 0) is 19.9 Å². The van der Waals surface area contributed by atoms with Gasteiger partial charge >= 0.3 is 0 Å². The van der Waals surface area contributed by atoms with Crippen LogP contribution in [0.2, 0.25) is 10.2 Å². The Hall–Kier alpha value is -0.350. The molecule has 0 aromatic carbocycles. The van der Waals surface area contributed by atoms with Gasteiger partial charge in [0.15, 0.2) is 6.29 Å². The lowest BCUT2D eigenvalue weighted by atomic mass is 10.2. The highest BCUT2D eigenvalue weighted by Gasteiger charge is 2.16. The van der Waals surface area contributed by atoms with Gasteiger partial charge in [0, 0.05) is 25.0 Å². The minimum absolute atomic E-state index is 0.263. The van der Waals surface area contributed by atoms with Crippen LogP contribution in [0, 0.1) is 0 Å². The van der Waals surface area contributed by atoms with Crippen LogP contribution in [0.5, 0.6) is 0 Å². The number of nitrogens with zero attached hydrogens (tertiary/aromatic N) is 1. The lowest BCUT2D eigenvalue weighted by Gasteiger charge is -2.18. The van der Waals surface area contributed by atoms with E-state index in [9.17, 15) is 0 Å². The van der Waals surface area contributed by atoms with Crippen molar-refractivity contribution in [2.75, 3.05) is 13.2 Å². The zero-order valence-corrected chi connectivity index (χ0v) is 10.2. The van der Waals surface area contributed by atoms with Crippen molar-refractivity contribution in [2.45, 2.75) is 20.1 Å². The highest BCUT2D eigenvalue weighted by Crippen LogP contribution is 2.30. The summed E-state index contributed by atoms with van der Waals surface area (Å²) in [6.07, 6.45) is 1.10. The monoisotopic (exact) mass is 249 g/mol. The Morgan fingerprint density at radius 3 is 2.40 bits per heavy atom. The third-order valence-electron chi connectivity index (χ3n) is 1.77. The molecule has 3 nitrogen and oxygen atoms in total. The molecule has 0 unspecified atom stereocenters. The van der Waals surface area contributed by atoms with E-state index in [0.29, 0.717) is 23.8 Å². The van der Waals surface area contributed by atoms with Crippen LogP contribution in [0.1, 0.15) is 25.7 Å². The number of aromatic nitrogens is 1. The summed E-state index contributed by atoms with van der Waals surface area (Å²) in [5.74, 6) is 0. The van der Waals surface area contributed by atoms with Crippen molar-refractivity contribution in [3.05, 3.63) is 28.0 Å². The largest absolute Gasteiger partial charge is 0.349 e. The first-order chi connectivity index (χ1) is 7.20. The number of hydrogen-bond acceptors (Lipinski definition) is 3. The molecule has 0 saturated carbocycles. The van der Waals surface area contributed by atoms with Gasteiger partial charge in [-0.25, -0.2) is 4.98 Å². The molecule has 0 saturated heterocycles. The van der Waals surface area contributed by atoms with Gasteiger partial charge in [0.1, 0.15) is 5.15 Å². The van der Waals surface area contributed by atoms with Crippen LogP contribution in [0.4, 0.5) is 0 Å². The smallest absolute Gasteiger partial charge is 0.185 e. The van der Waals surface area contributed by atoms with E-state index in [0.717, 1.165) is 0 Å². The molecule has 1 aromatic heterocycles. The number of pyridine rings is 1. The summed E-state index contributed by atoms with van der Waals surface area (Å²) >= 11 is 11.8. The Morgan fingerprint density at radius 2 is 1.87 bits per heavy atom. The first kappa shape index (κ1) is 12.7. The van der Waals surface area contributed by atoms with E-state index < -0.39 is 6.29 Å². The maximum atomic E-state index is 6.00. The molecule has 0 N–H and O–H groups in total. The van der Waals surface area contributed by atoms with E-state index in [4.69, 9.17) is 32.7 Å². The van der Waals surface area contributed by atoms with Crippen LogP contribution in [-0.4, -0.2) is 18.2 Å². The maximum Gasteiger partial charge on any atom is 0.185 e. The van der Waals surface area contributed by atoms with Gasteiger partial charge in [0.05, 0.1) is 5.02 Å². The third-order valence-corrected chi connectivity index (χ3v) is 2.55. The lowest BCUT2D eigenvalue weighted by Crippen LogP contribution is -2.09. The minimum atomic E-state index is -0.479. The van der Waals surface area contributed by atoms with Crippen molar-refractivity contribution < 1.29 is 9.47 Å². The van der Waals surface area contributed by atoms with E-state index in [1.807, 2.05) is 13.8 Å². The van der Waals surface area contributed by atoms with Crippen molar-refractivity contribution in [2.24, 2.45) is 0 Å². The molecule has 0 radical (unpaired) electrons. The predicted molar refractivity (Wildman–Crippen MR) is 60.3 cm³/mol. The Labute approximate surface area is 99.3 Å². The normalized spacial score (nSPS) is 11.0. The van der Waals surface area contributed by atoms with Crippen molar-refractivity contribution in [1.82, 2.24) is 4.98 Å². The van der Waals surface area contributed by atoms with Crippen molar-refractivity contribution in [1.29, 1.82) is 0 Å². The fraction of sp³-hybridized carbons (Fsp3) is 0.500. The number of ether oxygens (including phenoxy) is 2. The molecule has 0 atom stereocenters. The lowest BCUT2D eigenvalue weighted by molar-refractivity contribution is -0.140. The molecule has 0 aliphatic carbocycles. The molecule has 15 heavy (non-hydrogen) atoms. The molecule has 0 bridgehead atoms. The van der Waals surface area contributed by atoms with Gasteiger partial charge in [-0.15, -0.1) is 0 Å². The van der Waals surface area contributed by atoms with Crippen LogP contribution in [0.3, 0.4) is 0 Å². The topological polar surface area (TPSA) is 31.4 Å². The molecule has 1 heterocycles. The fourth-order valence-corrected chi connectivity index (χ4v) is 1.51. The molecule has 0 fully saturated rings. The molecule has 0 amide bonds. The highest BCUT2D eigenvalue weighted by molar-refractivity contribution is 6.41. The molecule has 0 spiro atoms. The van der Waals surface area contributed by atoms with Crippen LogP contribution in [-0.2, 0) is 9.47 Å². The Morgan fingerprint density at radius 1 is 1.27 bits per heavy atom. The second-order valence-corrected chi connectivity index (χ2v) is 3.48. The van der Waals surface area contributed by atoms with Gasteiger partial charge in [-0.1, -0.05) is 23.2 Å². The number of halogens is 2. The van der Waals surface area contributed by atoms with E-state index in [-0.39, 0.29) is 5.15 Å². The molecule has 5 heteroatoms.